The van der Waals surface area contributed by atoms with Crippen LogP contribution in [0, 0.1) is 0 Å². The first-order chi connectivity index (χ1) is 9.35. The zero-order valence-electron chi connectivity index (χ0n) is 11.6. The minimum absolute atomic E-state index is 0.529. The van der Waals surface area contributed by atoms with Crippen molar-refractivity contribution < 1.29 is 0 Å². The lowest BCUT2D eigenvalue weighted by Crippen LogP contribution is -2.45. The molecule has 2 N–H and O–H groups in total. The average molecular weight is 261 g/mol. The molecule has 1 aliphatic rings. The van der Waals surface area contributed by atoms with E-state index in [1.165, 1.54) is 19.3 Å². The van der Waals surface area contributed by atoms with Crippen LogP contribution in [0.5, 0.6) is 0 Å². The molecule has 1 saturated heterocycles. The van der Waals surface area contributed by atoms with Gasteiger partial charge in [-0.25, -0.2) is 9.97 Å². The molecule has 0 aromatic carbocycles. The highest BCUT2D eigenvalue weighted by Crippen LogP contribution is 2.23. The molecule has 19 heavy (non-hydrogen) atoms. The Balaban J connectivity index is 2.11. The largest absolute Gasteiger partial charge is 0.366 e. The summed E-state index contributed by atoms with van der Waals surface area (Å²) in [6, 6.07) is 2.55. The van der Waals surface area contributed by atoms with Gasteiger partial charge in [0.1, 0.15) is 18.0 Å². The maximum Gasteiger partial charge on any atom is 0.134 e. The second kappa shape index (κ2) is 7.09. The van der Waals surface area contributed by atoms with Gasteiger partial charge < -0.3 is 15.5 Å². The SMILES string of the molecule is C=CCNc1cc(N2CCCCC2CNC)ncn1. The standard InChI is InChI=1S/C14H23N5/c1-3-7-16-13-9-14(18-11-17-13)19-8-5-4-6-12(19)10-15-2/h3,9,11-12,15H,1,4-8,10H2,2H3,(H,16,17,18). The van der Waals surface area contributed by atoms with Gasteiger partial charge in [-0.3, -0.25) is 0 Å². The number of hydrogen-bond acceptors (Lipinski definition) is 5. The Morgan fingerprint density at radius 2 is 2.37 bits per heavy atom. The number of nitrogens with one attached hydrogen (secondary N) is 2. The van der Waals surface area contributed by atoms with E-state index in [9.17, 15) is 0 Å². The van der Waals surface area contributed by atoms with Crippen molar-refractivity contribution in [2.75, 3.05) is 36.9 Å². The highest BCUT2D eigenvalue weighted by molar-refractivity contribution is 5.49. The molecule has 0 spiro atoms. The fraction of sp³-hybridized carbons (Fsp3) is 0.571. The number of anilines is 2. The Morgan fingerprint density at radius 3 is 3.16 bits per heavy atom. The lowest BCUT2D eigenvalue weighted by atomic mass is 10.0. The van der Waals surface area contributed by atoms with E-state index in [1.54, 1.807) is 6.33 Å². The van der Waals surface area contributed by atoms with Gasteiger partial charge in [0.2, 0.25) is 0 Å². The third-order valence-electron chi connectivity index (χ3n) is 3.44. The molecule has 1 aromatic rings. The third kappa shape index (κ3) is 3.67. The summed E-state index contributed by atoms with van der Waals surface area (Å²) in [5, 5.41) is 6.48. The molecular formula is C14H23N5. The molecule has 0 radical (unpaired) electrons. The van der Waals surface area contributed by atoms with Crippen LogP contribution in [-0.4, -0.2) is 42.7 Å². The Morgan fingerprint density at radius 1 is 1.47 bits per heavy atom. The fourth-order valence-electron chi connectivity index (χ4n) is 2.53. The van der Waals surface area contributed by atoms with Crippen LogP contribution in [0.15, 0.2) is 25.0 Å². The molecule has 0 bridgehead atoms. The van der Waals surface area contributed by atoms with E-state index in [2.05, 4.69) is 32.1 Å². The van der Waals surface area contributed by atoms with E-state index in [1.807, 2.05) is 19.2 Å². The minimum Gasteiger partial charge on any atom is -0.366 e. The first-order valence-electron chi connectivity index (χ1n) is 6.93. The Labute approximate surface area is 115 Å². The number of piperidine rings is 1. The second-order valence-corrected chi connectivity index (χ2v) is 4.83. The molecule has 1 aliphatic heterocycles. The molecule has 1 atom stereocenters. The quantitative estimate of drug-likeness (QED) is 0.763. The van der Waals surface area contributed by atoms with Crippen LogP contribution >= 0.6 is 0 Å². The van der Waals surface area contributed by atoms with Gasteiger partial charge in [0.05, 0.1) is 0 Å². The summed E-state index contributed by atoms with van der Waals surface area (Å²) in [4.78, 5) is 11.0. The maximum absolute atomic E-state index is 4.42. The molecule has 5 heteroatoms. The number of nitrogens with zero attached hydrogens (tertiary/aromatic N) is 3. The van der Waals surface area contributed by atoms with Crippen LogP contribution in [0.3, 0.4) is 0 Å². The van der Waals surface area contributed by atoms with Crippen molar-refractivity contribution in [3.8, 4) is 0 Å². The molecule has 1 unspecified atom stereocenters. The van der Waals surface area contributed by atoms with E-state index < -0.39 is 0 Å². The molecule has 1 fully saturated rings. The first-order valence-corrected chi connectivity index (χ1v) is 6.93. The second-order valence-electron chi connectivity index (χ2n) is 4.83. The molecule has 1 aromatic heterocycles. The lowest BCUT2D eigenvalue weighted by Gasteiger charge is -2.36. The summed E-state index contributed by atoms with van der Waals surface area (Å²) in [5.41, 5.74) is 0. The predicted molar refractivity (Wildman–Crippen MR) is 79.6 cm³/mol. The summed E-state index contributed by atoms with van der Waals surface area (Å²) in [6.45, 7) is 6.49. The predicted octanol–water partition coefficient (Wildman–Crippen LogP) is 1.65. The van der Waals surface area contributed by atoms with Crippen LogP contribution in [0.4, 0.5) is 11.6 Å². The van der Waals surface area contributed by atoms with Gasteiger partial charge in [-0.2, -0.15) is 0 Å². The zero-order valence-corrected chi connectivity index (χ0v) is 11.6. The normalized spacial score (nSPS) is 19.2. The van der Waals surface area contributed by atoms with Crippen molar-refractivity contribution in [3.63, 3.8) is 0 Å². The van der Waals surface area contributed by atoms with Crippen LogP contribution in [0.1, 0.15) is 19.3 Å². The topological polar surface area (TPSA) is 53.1 Å². The van der Waals surface area contributed by atoms with Gasteiger partial charge in [0, 0.05) is 31.7 Å². The van der Waals surface area contributed by atoms with Crippen molar-refractivity contribution in [1.29, 1.82) is 0 Å². The fourth-order valence-corrected chi connectivity index (χ4v) is 2.53. The van der Waals surface area contributed by atoms with Crippen molar-refractivity contribution in [2.24, 2.45) is 0 Å². The van der Waals surface area contributed by atoms with E-state index in [0.29, 0.717) is 6.04 Å². The molecule has 104 valence electrons. The highest BCUT2D eigenvalue weighted by Gasteiger charge is 2.23. The van der Waals surface area contributed by atoms with E-state index in [0.717, 1.165) is 31.3 Å². The van der Waals surface area contributed by atoms with Gasteiger partial charge in [0.25, 0.3) is 0 Å². The first kappa shape index (κ1) is 13.8. The Bertz CT molecular complexity index is 405. The number of likely N-dealkylation sites (N-methyl/N-ethyl adjacent to an activating group) is 1. The molecule has 2 heterocycles. The van der Waals surface area contributed by atoms with Gasteiger partial charge in [-0.05, 0) is 26.3 Å². The van der Waals surface area contributed by atoms with Crippen molar-refractivity contribution in [2.45, 2.75) is 25.3 Å². The molecule has 0 aliphatic carbocycles. The third-order valence-corrected chi connectivity index (χ3v) is 3.44. The van der Waals surface area contributed by atoms with Crippen molar-refractivity contribution in [1.82, 2.24) is 15.3 Å². The summed E-state index contributed by atoms with van der Waals surface area (Å²) >= 11 is 0. The maximum atomic E-state index is 4.42. The number of hydrogen-bond donors (Lipinski definition) is 2. The number of rotatable bonds is 6. The summed E-state index contributed by atoms with van der Waals surface area (Å²) in [6.07, 6.45) is 7.22. The van der Waals surface area contributed by atoms with E-state index >= 15 is 0 Å². The van der Waals surface area contributed by atoms with Crippen LogP contribution in [0.2, 0.25) is 0 Å². The van der Waals surface area contributed by atoms with Crippen molar-refractivity contribution in [3.05, 3.63) is 25.0 Å². The van der Waals surface area contributed by atoms with E-state index in [4.69, 9.17) is 0 Å². The molecular weight excluding hydrogens is 238 g/mol. The van der Waals surface area contributed by atoms with Crippen LogP contribution < -0.4 is 15.5 Å². The van der Waals surface area contributed by atoms with Crippen LogP contribution in [-0.2, 0) is 0 Å². The average Bonchev–Trinajstić information content (AvgIpc) is 2.46. The smallest absolute Gasteiger partial charge is 0.134 e. The van der Waals surface area contributed by atoms with Gasteiger partial charge in [-0.1, -0.05) is 6.08 Å². The van der Waals surface area contributed by atoms with E-state index in [-0.39, 0.29) is 0 Å². The zero-order chi connectivity index (χ0) is 13.5. The molecule has 5 nitrogen and oxygen atoms in total. The summed E-state index contributed by atoms with van der Waals surface area (Å²) in [7, 11) is 2.00. The summed E-state index contributed by atoms with van der Waals surface area (Å²) in [5.74, 6) is 1.88. The molecule has 2 rings (SSSR count). The number of aromatic nitrogens is 2. The van der Waals surface area contributed by atoms with Gasteiger partial charge >= 0.3 is 0 Å². The summed E-state index contributed by atoms with van der Waals surface area (Å²) < 4.78 is 0. The Hall–Kier alpha value is -1.62. The van der Waals surface area contributed by atoms with Crippen molar-refractivity contribution >= 4 is 11.6 Å². The lowest BCUT2D eigenvalue weighted by molar-refractivity contribution is 0.443. The minimum atomic E-state index is 0.529. The highest BCUT2D eigenvalue weighted by atomic mass is 15.2. The van der Waals surface area contributed by atoms with Gasteiger partial charge in [-0.15, -0.1) is 6.58 Å². The van der Waals surface area contributed by atoms with Gasteiger partial charge in [0.15, 0.2) is 0 Å². The Kier molecular flexibility index (Phi) is 5.15. The van der Waals surface area contributed by atoms with Crippen LogP contribution in [0.25, 0.3) is 0 Å². The molecule has 0 amide bonds. The monoisotopic (exact) mass is 261 g/mol. The molecule has 0 saturated carbocycles.